The maximum atomic E-state index is 11.6. The molecular weight excluding hydrogens is 214 g/mol. The minimum atomic E-state index is 0.0397. The van der Waals surface area contributed by atoms with Crippen molar-refractivity contribution < 1.29 is 9.90 Å². The molecule has 0 aliphatic heterocycles. The highest BCUT2D eigenvalue weighted by molar-refractivity contribution is 5.76. The predicted octanol–water partition coefficient (Wildman–Crippen LogP) is 2.33. The monoisotopic (exact) mass is 235 g/mol. The Hall–Kier alpha value is -1.35. The van der Waals surface area contributed by atoms with Gasteiger partial charge in [0.15, 0.2) is 0 Å². The Morgan fingerprint density at radius 3 is 2.71 bits per heavy atom. The van der Waals surface area contributed by atoms with Crippen LogP contribution in [-0.2, 0) is 4.79 Å². The second-order valence-corrected chi connectivity index (χ2v) is 4.33. The normalized spacial score (nSPS) is 12.2. The van der Waals surface area contributed by atoms with Gasteiger partial charge in [-0.15, -0.1) is 0 Å². The SMILES string of the molecule is Cc1ccccc1[C@@H](C)NC(=O)CCCCO. The van der Waals surface area contributed by atoms with Crippen molar-refractivity contribution in [3.8, 4) is 0 Å². The van der Waals surface area contributed by atoms with Gasteiger partial charge in [-0.1, -0.05) is 24.3 Å². The number of benzene rings is 1. The summed E-state index contributed by atoms with van der Waals surface area (Å²) >= 11 is 0. The predicted molar refractivity (Wildman–Crippen MR) is 68.7 cm³/mol. The van der Waals surface area contributed by atoms with Crippen LogP contribution in [0, 0.1) is 6.92 Å². The maximum absolute atomic E-state index is 11.6. The number of rotatable bonds is 6. The Morgan fingerprint density at radius 1 is 1.35 bits per heavy atom. The van der Waals surface area contributed by atoms with Crippen molar-refractivity contribution in [1.82, 2.24) is 5.32 Å². The number of hydrogen-bond acceptors (Lipinski definition) is 2. The third kappa shape index (κ3) is 4.57. The van der Waals surface area contributed by atoms with Gasteiger partial charge in [-0.25, -0.2) is 0 Å². The van der Waals surface area contributed by atoms with Crippen LogP contribution in [0.5, 0.6) is 0 Å². The lowest BCUT2D eigenvalue weighted by molar-refractivity contribution is -0.121. The molecule has 1 rings (SSSR count). The Kier molecular flexibility index (Phi) is 5.70. The third-order valence-corrected chi connectivity index (χ3v) is 2.84. The Bertz CT molecular complexity index is 363. The van der Waals surface area contributed by atoms with Crippen molar-refractivity contribution in [3.05, 3.63) is 35.4 Å². The van der Waals surface area contributed by atoms with E-state index in [1.54, 1.807) is 0 Å². The molecule has 1 aromatic rings. The highest BCUT2D eigenvalue weighted by Crippen LogP contribution is 2.16. The first-order chi connectivity index (χ1) is 8.15. The average molecular weight is 235 g/mol. The van der Waals surface area contributed by atoms with Gasteiger partial charge in [-0.05, 0) is 37.8 Å². The Morgan fingerprint density at radius 2 is 2.06 bits per heavy atom. The third-order valence-electron chi connectivity index (χ3n) is 2.84. The summed E-state index contributed by atoms with van der Waals surface area (Å²) in [6.07, 6.45) is 1.91. The summed E-state index contributed by atoms with van der Waals surface area (Å²) in [5.41, 5.74) is 2.35. The van der Waals surface area contributed by atoms with Crippen LogP contribution < -0.4 is 5.32 Å². The standard InChI is InChI=1S/C14H21NO2/c1-11-7-3-4-8-13(11)12(2)15-14(17)9-5-6-10-16/h3-4,7-8,12,16H,5-6,9-10H2,1-2H3,(H,15,17)/t12-/m1/s1. The first kappa shape index (κ1) is 13.7. The molecule has 17 heavy (non-hydrogen) atoms. The fourth-order valence-electron chi connectivity index (χ4n) is 1.86. The molecule has 0 saturated carbocycles. The molecule has 3 heteroatoms. The number of aliphatic hydroxyl groups excluding tert-OH is 1. The molecule has 2 N–H and O–H groups in total. The van der Waals surface area contributed by atoms with E-state index in [4.69, 9.17) is 5.11 Å². The molecule has 1 aromatic carbocycles. The number of amides is 1. The van der Waals surface area contributed by atoms with Gasteiger partial charge in [0.25, 0.3) is 0 Å². The van der Waals surface area contributed by atoms with E-state index >= 15 is 0 Å². The lowest BCUT2D eigenvalue weighted by Crippen LogP contribution is -2.26. The van der Waals surface area contributed by atoms with Gasteiger partial charge in [-0.3, -0.25) is 4.79 Å². The molecule has 0 aliphatic rings. The van der Waals surface area contributed by atoms with Crippen molar-refractivity contribution in [2.75, 3.05) is 6.61 Å². The lowest BCUT2D eigenvalue weighted by Gasteiger charge is -2.16. The van der Waals surface area contributed by atoms with E-state index in [1.165, 1.54) is 5.56 Å². The van der Waals surface area contributed by atoms with Gasteiger partial charge in [-0.2, -0.15) is 0 Å². The number of aryl methyl sites for hydroxylation is 1. The van der Waals surface area contributed by atoms with Gasteiger partial charge in [0.05, 0.1) is 6.04 Å². The lowest BCUT2D eigenvalue weighted by atomic mass is 10.0. The first-order valence-electron chi connectivity index (χ1n) is 6.11. The topological polar surface area (TPSA) is 49.3 Å². The number of nitrogens with one attached hydrogen (secondary N) is 1. The van der Waals surface area contributed by atoms with Gasteiger partial charge in [0, 0.05) is 13.0 Å². The molecule has 0 spiro atoms. The second-order valence-electron chi connectivity index (χ2n) is 4.33. The molecule has 1 amide bonds. The summed E-state index contributed by atoms with van der Waals surface area (Å²) in [7, 11) is 0. The van der Waals surface area contributed by atoms with E-state index in [9.17, 15) is 4.79 Å². The zero-order chi connectivity index (χ0) is 12.7. The molecule has 0 aliphatic carbocycles. The fraction of sp³-hybridized carbons (Fsp3) is 0.500. The molecule has 0 saturated heterocycles. The summed E-state index contributed by atoms with van der Waals surface area (Å²) in [5.74, 6) is 0.0502. The van der Waals surface area contributed by atoms with Crippen LogP contribution in [0.2, 0.25) is 0 Å². The molecule has 0 aromatic heterocycles. The van der Waals surface area contributed by atoms with Crippen LogP contribution in [0.15, 0.2) is 24.3 Å². The van der Waals surface area contributed by atoms with E-state index in [1.807, 2.05) is 38.1 Å². The van der Waals surface area contributed by atoms with Crippen LogP contribution in [0.3, 0.4) is 0 Å². The molecule has 3 nitrogen and oxygen atoms in total. The van der Waals surface area contributed by atoms with Crippen LogP contribution in [0.25, 0.3) is 0 Å². The largest absolute Gasteiger partial charge is 0.396 e. The second kappa shape index (κ2) is 7.07. The summed E-state index contributed by atoms with van der Waals surface area (Å²) in [4.78, 5) is 11.6. The van der Waals surface area contributed by atoms with Gasteiger partial charge >= 0.3 is 0 Å². The molecule has 0 radical (unpaired) electrons. The number of hydrogen-bond donors (Lipinski definition) is 2. The maximum Gasteiger partial charge on any atom is 0.220 e. The average Bonchev–Trinajstić information content (AvgIpc) is 2.29. The van der Waals surface area contributed by atoms with Crippen molar-refractivity contribution in [1.29, 1.82) is 0 Å². The molecule has 0 bridgehead atoms. The number of carbonyl (C=O) groups excluding carboxylic acids is 1. The van der Waals surface area contributed by atoms with Crippen molar-refractivity contribution in [2.45, 2.75) is 39.2 Å². The van der Waals surface area contributed by atoms with Crippen molar-refractivity contribution in [3.63, 3.8) is 0 Å². The zero-order valence-electron chi connectivity index (χ0n) is 10.6. The molecule has 0 unspecified atom stereocenters. The highest BCUT2D eigenvalue weighted by Gasteiger charge is 2.10. The highest BCUT2D eigenvalue weighted by atomic mass is 16.2. The minimum absolute atomic E-state index is 0.0397. The van der Waals surface area contributed by atoms with Gasteiger partial charge in [0.2, 0.25) is 5.91 Å². The first-order valence-corrected chi connectivity index (χ1v) is 6.11. The van der Waals surface area contributed by atoms with E-state index in [2.05, 4.69) is 5.32 Å². The van der Waals surface area contributed by atoms with Crippen molar-refractivity contribution >= 4 is 5.91 Å². The Balaban J connectivity index is 2.46. The van der Waals surface area contributed by atoms with Crippen LogP contribution in [0.1, 0.15) is 43.4 Å². The van der Waals surface area contributed by atoms with Gasteiger partial charge < -0.3 is 10.4 Å². The molecule has 0 fully saturated rings. The summed E-state index contributed by atoms with van der Waals surface area (Å²) in [6, 6.07) is 8.10. The van der Waals surface area contributed by atoms with E-state index in [0.717, 1.165) is 12.0 Å². The van der Waals surface area contributed by atoms with Crippen LogP contribution in [-0.4, -0.2) is 17.6 Å². The molecular formula is C14H21NO2. The summed E-state index contributed by atoms with van der Waals surface area (Å²) < 4.78 is 0. The number of unbranched alkanes of at least 4 members (excludes halogenated alkanes) is 1. The zero-order valence-corrected chi connectivity index (χ0v) is 10.6. The summed E-state index contributed by atoms with van der Waals surface area (Å²) in [6.45, 7) is 4.19. The number of carbonyl (C=O) groups is 1. The summed E-state index contributed by atoms with van der Waals surface area (Å²) in [5, 5.41) is 11.6. The molecule has 94 valence electrons. The van der Waals surface area contributed by atoms with Crippen molar-refractivity contribution in [2.24, 2.45) is 0 Å². The van der Waals surface area contributed by atoms with E-state index < -0.39 is 0 Å². The molecule has 1 atom stereocenters. The minimum Gasteiger partial charge on any atom is -0.396 e. The fourth-order valence-corrected chi connectivity index (χ4v) is 1.86. The number of aliphatic hydroxyl groups is 1. The van der Waals surface area contributed by atoms with Gasteiger partial charge in [0.1, 0.15) is 0 Å². The van der Waals surface area contributed by atoms with Crippen LogP contribution >= 0.6 is 0 Å². The van der Waals surface area contributed by atoms with E-state index in [-0.39, 0.29) is 18.6 Å². The quantitative estimate of drug-likeness (QED) is 0.743. The van der Waals surface area contributed by atoms with Crippen LogP contribution in [0.4, 0.5) is 0 Å². The smallest absolute Gasteiger partial charge is 0.220 e. The Labute approximate surface area is 103 Å². The van der Waals surface area contributed by atoms with E-state index in [0.29, 0.717) is 12.8 Å². The molecule has 0 heterocycles.